The van der Waals surface area contributed by atoms with Gasteiger partial charge in [0.2, 0.25) is 17.2 Å². The number of aromatic nitrogens is 3. The summed E-state index contributed by atoms with van der Waals surface area (Å²) in [6.45, 7) is 0. The van der Waals surface area contributed by atoms with Crippen LogP contribution in [0.3, 0.4) is 0 Å². The summed E-state index contributed by atoms with van der Waals surface area (Å²) in [7, 11) is 1.66. The SMILES string of the molecule is CNc1nc(Cl)nc(Nc2ccc(F)c(Cl)c2)n1. The zero-order valence-corrected chi connectivity index (χ0v) is 10.7. The van der Waals surface area contributed by atoms with Gasteiger partial charge in [0.15, 0.2) is 0 Å². The normalized spacial score (nSPS) is 10.2. The fourth-order valence-electron chi connectivity index (χ4n) is 1.22. The summed E-state index contributed by atoms with van der Waals surface area (Å²) in [4.78, 5) is 11.7. The van der Waals surface area contributed by atoms with Crippen LogP contribution in [0.15, 0.2) is 18.2 Å². The Morgan fingerprint density at radius 3 is 2.50 bits per heavy atom. The summed E-state index contributed by atoms with van der Waals surface area (Å²) in [5, 5.41) is 5.65. The van der Waals surface area contributed by atoms with Crippen molar-refractivity contribution < 1.29 is 4.39 Å². The minimum Gasteiger partial charge on any atom is -0.357 e. The molecule has 0 radical (unpaired) electrons. The van der Waals surface area contributed by atoms with Gasteiger partial charge in [0.05, 0.1) is 5.02 Å². The molecule has 1 aromatic heterocycles. The molecule has 0 fully saturated rings. The second-order valence-electron chi connectivity index (χ2n) is 3.26. The average molecular weight is 288 g/mol. The van der Waals surface area contributed by atoms with E-state index < -0.39 is 5.82 Å². The Morgan fingerprint density at radius 1 is 1.11 bits per heavy atom. The van der Waals surface area contributed by atoms with Crippen molar-refractivity contribution >= 4 is 40.8 Å². The fourth-order valence-corrected chi connectivity index (χ4v) is 1.56. The quantitative estimate of drug-likeness (QED) is 0.908. The second-order valence-corrected chi connectivity index (χ2v) is 4.00. The van der Waals surface area contributed by atoms with Gasteiger partial charge in [0, 0.05) is 12.7 Å². The molecular formula is C10H8Cl2FN5. The smallest absolute Gasteiger partial charge is 0.233 e. The number of nitrogens with zero attached hydrogens (tertiary/aromatic N) is 3. The van der Waals surface area contributed by atoms with Crippen LogP contribution in [-0.4, -0.2) is 22.0 Å². The van der Waals surface area contributed by atoms with Crippen molar-refractivity contribution in [3.8, 4) is 0 Å². The van der Waals surface area contributed by atoms with Crippen molar-refractivity contribution in [2.75, 3.05) is 17.7 Å². The first-order valence-corrected chi connectivity index (χ1v) is 5.65. The molecule has 2 aromatic rings. The molecule has 5 nitrogen and oxygen atoms in total. The lowest BCUT2D eigenvalue weighted by Crippen LogP contribution is -2.03. The van der Waals surface area contributed by atoms with Crippen LogP contribution in [-0.2, 0) is 0 Å². The number of nitrogens with one attached hydrogen (secondary N) is 2. The van der Waals surface area contributed by atoms with E-state index in [0.29, 0.717) is 11.6 Å². The van der Waals surface area contributed by atoms with Gasteiger partial charge in [-0.3, -0.25) is 0 Å². The fraction of sp³-hybridized carbons (Fsp3) is 0.100. The Bertz CT molecular complexity index is 578. The molecule has 0 atom stereocenters. The monoisotopic (exact) mass is 287 g/mol. The van der Waals surface area contributed by atoms with Crippen LogP contribution in [0, 0.1) is 5.82 Å². The third-order valence-electron chi connectivity index (χ3n) is 2.01. The van der Waals surface area contributed by atoms with Crippen LogP contribution in [0.2, 0.25) is 10.3 Å². The summed E-state index contributed by atoms with van der Waals surface area (Å²) >= 11 is 11.4. The van der Waals surface area contributed by atoms with E-state index in [1.807, 2.05) is 0 Å². The first-order valence-electron chi connectivity index (χ1n) is 4.90. The Morgan fingerprint density at radius 2 is 1.83 bits per heavy atom. The minimum absolute atomic E-state index is 0.00833. The number of hydrogen-bond acceptors (Lipinski definition) is 5. The highest BCUT2D eigenvalue weighted by molar-refractivity contribution is 6.31. The largest absolute Gasteiger partial charge is 0.357 e. The van der Waals surface area contributed by atoms with Gasteiger partial charge < -0.3 is 10.6 Å². The lowest BCUT2D eigenvalue weighted by atomic mass is 10.3. The maximum absolute atomic E-state index is 13.0. The highest BCUT2D eigenvalue weighted by Gasteiger charge is 2.06. The van der Waals surface area contributed by atoms with Crippen LogP contribution in [0.1, 0.15) is 0 Å². The van der Waals surface area contributed by atoms with Crippen molar-refractivity contribution in [1.29, 1.82) is 0 Å². The summed E-state index contributed by atoms with van der Waals surface area (Å²) in [6, 6.07) is 4.18. The Kier molecular flexibility index (Phi) is 3.78. The van der Waals surface area contributed by atoms with Gasteiger partial charge >= 0.3 is 0 Å². The van der Waals surface area contributed by atoms with E-state index in [4.69, 9.17) is 23.2 Å². The van der Waals surface area contributed by atoms with Crippen molar-refractivity contribution in [3.63, 3.8) is 0 Å². The topological polar surface area (TPSA) is 62.7 Å². The van der Waals surface area contributed by atoms with E-state index in [1.165, 1.54) is 18.2 Å². The molecule has 2 rings (SSSR count). The van der Waals surface area contributed by atoms with Crippen LogP contribution in [0.4, 0.5) is 22.0 Å². The van der Waals surface area contributed by atoms with Gasteiger partial charge in [0.1, 0.15) is 5.82 Å². The third-order valence-corrected chi connectivity index (χ3v) is 2.47. The molecule has 0 aliphatic heterocycles. The predicted molar refractivity (Wildman–Crippen MR) is 69.1 cm³/mol. The molecular weight excluding hydrogens is 280 g/mol. The van der Waals surface area contributed by atoms with Gasteiger partial charge in [-0.2, -0.15) is 15.0 Å². The third kappa shape index (κ3) is 2.96. The zero-order chi connectivity index (χ0) is 13.1. The van der Waals surface area contributed by atoms with Crippen molar-refractivity contribution in [2.45, 2.75) is 0 Å². The van der Waals surface area contributed by atoms with Crippen molar-refractivity contribution in [1.82, 2.24) is 15.0 Å². The van der Waals surface area contributed by atoms with Crippen LogP contribution in [0.25, 0.3) is 0 Å². The maximum atomic E-state index is 13.0. The van der Waals surface area contributed by atoms with E-state index in [1.54, 1.807) is 7.05 Å². The van der Waals surface area contributed by atoms with Gasteiger partial charge in [-0.1, -0.05) is 11.6 Å². The molecule has 18 heavy (non-hydrogen) atoms. The maximum Gasteiger partial charge on any atom is 0.233 e. The van der Waals surface area contributed by atoms with E-state index in [9.17, 15) is 4.39 Å². The molecule has 94 valence electrons. The molecule has 1 aromatic carbocycles. The molecule has 0 aliphatic rings. The number of anilines is 3. The first-order chi connectivity index (χ1) is 8.58. The summed E-state index contributed by atoms with van der Waals surface area (Å²) in [5.41, 5.74) is 0.547. The highest BCUT2D eigenvalue weighted by Crippen LogP contribution is 2.22. The minimum atomic E-state index is -0.494. The van der Waals surface area contributed by atoms with Gasteiger partial charge in [0.25, 0.3) is 0 Å². The zero-order valence-electron chi connectivity index (χ0n) is 9.21. The summed E-state index contributed by atoms with van der Waals surface area (Å²) in [5.74, 6) is 0.0690. The molecule has 0 saturated carbocycles. The molecule has 0 saturated heterocycles. The van der Waals surface area contributed by atoms with E-state index in [-0.39, 0.29) is 16.3 Å². The number of benzene rings is 1. The molecule has 1 heterocycles. The average Bonchev–Trinajstić information content (AvgIpc) is 2.33. The van der Waals surface area contributed by atoms with Crippen LogP contribution < -0.4 is 10.6 Å². The molecule has 0 aliphatic carbocycles. The van der Waals surface area contributed by atoms with Crippen LogP contribution in [0.5, 0.6) is 0 Å². The van der Waals surface area contributed by atoms with Gasteiger partial charge in [-0.15, -0.1) is 0 Å². The number of hydrogen-bond donors (Lipinski definition) is 2. The highest BCUT2D eigenvalue weighted by atomic mass is 35.5. The second kappa shape index (κ2) is 5.32. The molecule has 0 unspecified atom stereocenters. The standard InChI is InChI=1S/C10H8Cl2FN5/c1-14-9-16-8(12)17-10(18-9)15-5-2-3-7(13)6(11)4-5/h2-4H,1H3,(H2,14,15,16,17,18). The first kappa shape index (κ1) is 12.8. The van der Waals surface area contributed by atoms with E-state index in [2.05, 4.69) is 25.6 Å². The van der Waals surface area contributed by atoms with E-state index >= 15 is 0 Å². The van der Waals surface area contributed by atoms with Gasteiger partial charge in [-0.05, 0) is 29.8 Å². The number of rotatable bonds is 3. The van der Waals surface area contributed by atoms with Crippen molar-refractivity contribution in [3.05, 3.63) is 34.3 Å². The molecule has 2 N–H and O–H groups in total. The Balaban J connectivity index is 2.27. The Hall–Kier alpha value is -1.66. The molecule has 0 amide bonds. The lowest BCUT2D eigenvalue weighted by Gasteiger charge is -2.07. The number of halogens is 3. The van der Waals surface area contributed by atoms with E-state index in [0.717, 1.165) is 0 Å². The summed E-state index contributed by atoms with van der Waals surface area (Å²) in [6.07, 6.45) is 0. The molecule has 0 spiro atoms. The van der Waals surface area contributed by atoms with Gasteiger partial charge in [-0.25, -0.2) is 4.39 Å². The predicted octanol–water partition coefficient (Wildman–Crippen LogP) is 3.10. The molecule has 8 heteroatoms. The molecule has 0 bridgehead atoms. The van der Waals surface area contributed by atoms with Crippen LogP contribution >= 0.6 is 23.2 Å². The lowest BCUT2D eigenvalue weighted by molar-refractivity contribution is 0.628. The van der Waals surface area contributed by atoms with Crippen molar-refractivity contribution in [2.24, 2.45) is 0 Å². The Labute approximate surface area is 112 Å². The summed E-state index contributed by atoms with van der Waals surface area (Å²) < 4.78 is 13.0.